The number of rotatable bonds is 4. The minimum Gasteiger partial charge on any atom is -0.495 e. The highest BCUT2D eigenvalue weighted by molar-refractivity contribution is 7.14. The van der Waals surface area contributed by atoms with Gasteiger partial charge in [0.05, 0.1) is 30.2 Å². The van der Waals surface area contributed by atoms with Crippen molar-refractivity contribution < 1.29 is 4.74 Å². The van der Waals surface area contributed by atoms with Gasteiger partial charge in [-0.05, 0) is 24.3 Å². The third kappa shape index (κ3) is 2.76. The van der Waals surface area contributed by atoms with Gasteiger partial charge in [0, 0.05) is 10.9 Å². The number of nitrogens with zero attached hydrogens (tertiary/aromatic N) is 3. The van der Waals surface area contributed by atoms with E-state index in [0.717, 1.165) is 38.9 Å². The van der Waals surface area contributed by atoms with Crippen LogP contribution >= 0.6 is 23.1 Å². The maximum Gasteiger partial charge on any atom is 0.187 e. The fourth-order valence-electron chi connectivity index (χ4n) is 2.27. The lowest BCUT2D eigenvalue weighted by Crippen LogP contribution is -1.93. The summed E-state index contributed by atoms with van der Waals surface area (Å²) in [5.41, 5.74) is 4.67. The number of benzene rings is 2. The minimum absolute atomic E-state index is 0.791. The Morgan fingerprint density at radius 3 is 2.83 bits per heavy atom. The van der Waals surface area contributed by atoms with Crippen LogP contribution in [0.1, 0.15) is 0 Å². The summed E-state index contributed by atoms with van der Waals surface area (Å²) in [7, 11) is 1.66. The molecule has 2 aromatic carbocycles. The second-order valence-corrected chi connectivity index (χ2v) is 6.22. The number of methoxy groups -OCH3 is 1. The van der Waals surface area contributed by atoms with Crippen molar-refractivity contribution in [3.05, 3.63) is 47.8 Å². The fourth-order valence-corrected chi connectivity index (χ4v) is 3.52. The molecule has 0 bridgehead atoms. The molecule has 23 heavy (non-hydrogen) atoms. The fraction of sp³-hybridized carbons (Fsp3) is 0.0625. The predicted molar refractivity (Wildman–Crippen MR) is 94.8 cm³/mol. The summed E-state index contributed by atoms with van der Waals surface area (Å²) in [5.74, 6) is 0.791. The SMILES string of the molecule is COc1ccccc1Nc1nc(-c2ccc3nsnc3c2)cs1. The Kier molecular flexibility index (Phi) is 3.64. The van der Waals surface area contributed by atoms with E-state index in [-0.39, 0.29) is 0 Å². The van der Waals surface area contributed by atoms with Crippen molar-refractivity contribution in [1.29, 1.82) is 0 Å². The molecule has 0 unspecified atom stereocenters. The van der Waals surface area contributed by atoms with Crippen LogP contribution in [0, 0.1) is 0 Å². The lowest BCUT2D eigenvalue weighted by molar-refractivity contribution is 0.417. The average molecular weight is 340 g/mol. The second kappa shape index (κ2) is 5.94. The Balaban J connectivity index is 1.63. The first kappa shape index (κ1) is 14.1. The molecule has 2 heterocycles. The Morgan fingerprint density at radius 1 is 1.04 bits per heavy atom. The monoisotopic (exact) mass is 340 g/mol. The van der Waals surface area contributed by atoms with E-state index in [1.807, 2.05) is 47.8 Å². The van der Waals surface area contributed by atoms with Crippen molar-refractivity contribution >= 4 is 44.9 Å². The van der Waals surface area contributed by atoms with Crippen LogP contribution in [0.15, 0.2) is 47.8 Å². The Hall–Kier alpha value is -2.51. The topological polar surface area (TPSA) is 59.9 Å². The van der Waals surface area contributed by atoms with Gasteiger partial charge in [-0.1, -0.05) is 18.2 Å². The first-order valence-electron chi connectivity index (χ1n) is 6.92. The maximum absolute atomic E-state index is 5.35. The zero-order chi connectivity index (χ0) is 15.6. The van der Waals surface area contributed by atoms with Gasteiger partial charge in [0.2, 0.25) is 0 Å². The molecule has 4 aromatic rings. The average Bonchev–Trinajstić information content (AvgIpc) is 3.23. The highest BCUT2D eigenvalue weighted by Gasteiger charge is 2.09. The number of thiazole rings is 1. The molecule has 2 aromatic heterocycles. The van der Waals surface area contributed by atoms with Crippen LogP contribution in [0.25, 0.3) is 22.3 Å². The van der Waals surface area contributed by atoms with Gasteiger partial charge in [0.15, 0.2) is 5.13 Å². The third-order valence-corrected chi connectivity index (χ3v) is 4.72. The first-order valence-corrected chi connectivity index (χ1v) is 8.53. The van der Waals surface area contributed by atoms with Gasteiger partial charge in [-0.15, -0.1) is 11.3 Å². The number of anilines is 2. The molecule has 5 nitrogen and oxygen atoms in total. The Labute approximate surface area is 140 Å². The number of hydrogen-bond acceptors (Lipinski definition) is 7. The van der Waals surface area contributed by atoms with E-state index in [1.165, 1.54) is 11.7 Å². The quantitative estimate of drug-likeness (QED) is 0.590. The summed E-state index contributed by atoms with van der Waals surface area (Å²) in [6.45, 7) is 0. The summed E-state index contributed by atoms with van der Waals surface area (Å²) < 4.78 is 13.8. The molecule has 7 heteroatoms. The number of para-hydroxylation sites is 2. The lowest BCUT2D eigenvalue weighted by Gasteiger charge is -2.08. The zero-order valence-electron chi connectivity index (χ0n) is 12.2. The van der Waals surface area contributed by atoms with Gasteiger partial charge < -0.3 is 10.1 Å². The predicted octanol–water partition coefficient (Wildman–Crippen LogP) is 4.57. The summed E-state index contributed by atoms with van der Waals surface area (Å²) in [6, 6.07) is 13.8. The maximum atomic E-state index is 5.35. The van der Waals surface area contributed by atoms with Gasteiger partial charge >= 0.3 is 0 Å². The Bertz CT molecular complexity index is 963. The van der Waals surface area contributed by atoms with E-state index in [2.05, 4.69) is 19.0 Å². The summed E-state index contributed by atoms with van der Waals surface area (Å²) in [6.07, 6.45) is 0. The standard InChI is InChI=1S/C16H12N4OS2/c1-21-15-5-3-2-4-12(15)17-16-18-14(9-22-16)10-6-7-11-13(8-10)20-23-19-11/h2-9H,1H3,(H,17,18). The summed E-state index contributed by atoms with van der Waals surface area (Å²) >= 11 is 2.78. The number of ether oxygens (including phenoxy) is 1. The van der Waals surface area contributed by atoms with Crippen molar-refractivity contribution in [2.45, 2.75) is 0 Å². The minimum atomic E-state index is 0.791. The van der Waals surface area contributed by atoms with Gasteiger partial charge in [0.25, 0.3) is 0 Å². The largest absolute Gasteiger partial charge is 0.495 e. The van der Waals surface area contributed by atoms with Crippen LogP contribution in [0.5, 0.6) is 5.75 Å². The third-order valence-electron chi connectivity index (χ3n) is 3.40. The molecule has 0 amide bonds. The number of nitrogens with one attached hydrogen (secondary N) is 1. The molecule has 4 rings (SSSR count). The van der Waals surface area contributed by atoms with E-state index in [9.17, 15) is 0 Å². The van der Waals surface area contributed by atoms with Gasteiger partial charge in [-0.25, -0.2) is 4.98 Å². The van der Waals surface area contributed by atoms with Crippen molar-refractivity contribution in [1.82, 2.24) is 13.7 Å². The second-order valence-electron chi connectivity index (χ2n) is 4.83. The lowest BCUT2D eigenvalue weighted by atomic mass is 10.1. The van der Waals surface area contributed by atoms with Crippen LogP contribution in [-0.2, 0) is 0 Å². The van der Waals surface area contributed by atoms with Crippen LogP contribution in [-0.4, -0.2) is 20.8 Å². The zero-order valence-corrected chi connectivity index (χ0v) is 13.8. The van der Waals surface area contributed by atoms with Crippen LogP contribution in [0.3, 0.4) is 0 Å². The van der Waals surface area contributed by atoms with Gasteiger partial charge in [0.1, 0.15) is 16.8 Å². The Morgan fingerprint density at radius 2 is 1.91 bits per heavy atom. The molecule has 0 saturated carbocycles. The molecule has 0 aliphatic carbocycles. The van der Waals surface area contributed by atoms with E-state index < -0.39 is 0 Å². The molecule has 0 aliphatic rings. The van der Waals surface area contributed by atoms with E-state index in [4.69, 9.17) is 4.74 Å². The normalized spacial score (nSPS) is 10.8. The molecule has 0 aliphatic heterocycles. The number of hydrogen-bond donors (Lipinski definition) is 1. The van der Waals surface area contributed by atoms with Crippen LogP contribution < -0.4 is 10.1 Å². The highest BCUT2D eigenvalue weighted by atomic mass is 32.1. The molecular formula is C16H12N4OS2. The van der Waals surface area contributed by atoms with E-state index in [0.29, 0.717) is 0 Å². The molecule has 0 saturated heterocycles. The number of aromatic nitrogens is 3. The molecule has 1 N–H and O–H groups in total. The van der Waals surface area contributed by atoms with Crippen molar-refractivity contribution in [2.24, 2.45) is 0 Å². The molecule has 0 radical (unpaired) electrons. The summed E-state index contributed by atoms with van der Waals surface area (Å²) in [5, 5.41) is 6.15. The van der Waals surface area contributed by atoms with Crippen molar-refractivity contribution in [3.63, 3.8) is 0 Å². The number of fused-ring (bicyclic) bond motifs is 1. The van der Waals surface area contributed by atoms with E-state index in [1.54, 1.807) is 18.4 Å². The van der Waals surface area contributed by atoms with Gasteiger partial charge in [-0.2, -0.15) is 8.75 Å². The molecule has 0 spiro atoms. The molecular weight excluding hydrogens is 328 g/mol. The summed E-state index contributed by atoms with van der Waals surface area (Å²) in [4.78, 5) is 4.65. The molecule has 0 atom stereocenters. The highest BCUT2D eigenvalue weighted by Crippen LogP contribution is 2.31. The first-order chi connectivity index (χ1) is 11.3. The van der Waals surface area contributed by atoms with Crippen LogP contribution in [0.2, 0.25) is 0 Å². The van der Waals surface area contributed by atoms with Gasteiger partial charge in [-0.3, -0.25) is 0 Å². The van der Waals surface area contributed by atoms with Crippen LogP contribution in [0.4, 0.5) is 10.8 Å². The molecule has 0 fully saturated rings. The van der Waals surface area contributed by atoms with E-state index >= 15 is 0 Å². The smallest absolute Gasteiger partial charge is 0.187 e. The van der Waals surface area contributed by atoms with Crippen molar-refractivity contribution in [2.75, 3.05) is 12.4 Å². The van der Waals surface area contributed by atoms with Crippen molar-refractivity contribution in [3.8, 4) is 17.0 Å². The molecule has 114 valence electrons.